The molecule has 102 valence electrons. The maximum atomic E-state index is 14.1. The van der Waals surface area contributed by atoms with Crippen molar-refractivity contribution in [1.82, 2.24) is 9.55 Å². The number of benzene rings is 1. The van der Waals surface area contributed by atoms with Gasteiger partial charge in [-0.05, 0) is 45.2 Å². The third-order valence-corrected chi connectivity index (χ3v) is 4.26. The fourth-order valence-corrected chi connectivity index (χ4v) is 2.99. The van der Waals surface area contributed by atoms with Gasteiger partial charge in [0.2, 0.25) is 0 Å². The van der Waals surface area contributed by atoms with E-state index in [0.29, 0.717) is 11.3 Å². The third-order valence-electron chi connectivity index (χ3n) is 4.06. The van der Waals surface area contributed by atoms with E-state index in [-0.39, 0.29) is 16.4 Å². The van der Waals surface area contributed by atoms with E-state index in [1.807, 2.05) is 11.5 Å². The first kappa shape index (κ1) is 12.9. The predicted molar refractivity (Wildman–Crippen MR) is 71.4 cm³/mol. The lowest BCUT2D eigenvalue weighted by Gasteiger charge is -2.41. The predicted octanol–water partition coefficient (Wildman–Crippen LogP) is 4.51. The van der Waals surface area contributed by atoms with E-state index < -0.39 is 11.6 Å². The standard InChI is InChI=1S/C14H15ClF2N2/c1-8(15)13-18-10-5-4-9(16)11(17)12(10)19(13)14(2)6-3-7-14/h4-5,8H,3,6-7H2,1-2H3. The summed E-state index contributed by atoms with van der Waals surface area (Å²) in [5.41, 5.74) is 0.501. The molecule has 1 saturated carbocycles. The molecule has 3 rings (SSSR count). The first-order valence-electron chi connectivity index (χ1n) is 6.45. The molecule has 2 aromatic rings. The van der Waals surface area contributed by atoms with Gasteiger partial charge in [0.25, 0.3) is 0 Å². The van der Waals surface area contributed by atoms with Crippen LogP contribution in [0.1, 0.15) is 44.3 Å². The van der Waals surface area contributed by atoms with Crippen LogP contribution in [0.15, 0.2) is 12.1 Å². The van der Waals surface area contributed by atoms with Gasteiger partial charge in [0.05, 0.1) is 10.9 Å². The van der Waals surface area contributed by atoms with Crippen LogP contribution in [0.4, 0.5) is 8.78 Å². The van der Waals surface area contributed by atoms with Crippen molar-refractivity contribution in [3.05, 3.63) is 29.6 Å². The zero-order chi connectivity index (χ0) is 13.8. The summed E-state index contributed by atoms with van der Waals surface area (Å²) in [4.78, 5) is 4.39. The topological polar surface area (TPSA) is 17.8 Å². The summed E-state index contributed by atoms with van der Waals surface area (Å²) in [6.07, 6.45) is 2.96. The average molecular weight is 285 g/mol. The molecule has 0 saturated heterocycles. The Bertz CT molecular complexity index is 644. The van der Waals surface area contributed by atoms with Crippen molar-refractivity contribution in [2.45, 2.75) is 44.0 Å². The molecule has 5 heteroatoms. The van der Waals surface area contributed by atoms with E-state index in [0.717, 1.165) is 25.3 Å². The lowest BCUT2D eigenvalue weighted by atomic mass is 9.78. The van der Waals surface area contributed by atoms with Crippen LogP contribution in [0.5, 0.6) is 0 Å². The summed E-state index contributed by atoms with van der Waals surface area (Å²) < 4.78 is 29.5. The first-order chi connectivity index (χ1) is 8.94. The number of imidazole rings is 1. The molecule has 19 heavy (non-hydrogen) atoms. The summed E-state index contributed by atoms with van der Waals surface area (Å²) in [5, 5.41) is -0.340. The number of hydrogen-bond donors (Lipinski definition) is 0. The van der Waals surface area contributed by atoms with Crippen molar-refractivity contribution < 1.29 is 8.78 Å². The highest BCUT2D eigenvalue weighted by Gasteiger charge is 2.38. The van der Waals surface area contributed by atoms with Gasteiger partial charge in [0, 0.05) is 5.54 Å². The minimum Gasteiger partial charge on any atom is -0.318 e. The van der Waals surface area contributed by atoms with E-state index in [1.165, 1.54) is 6.07 Å². The van der Waals surface area contributed by atoms with Gasteiger partial charge < -0.3 is 4.57 Å². The van der Waals surface area contributed by atoms with E-state index in [4.69, 9.17) is 11.6 Å². The quantitative estimate of drug-likeness (QED) is 0.742. The van der Waals surface area contributed by atoms with Crippen LogP contribution in [0.3, 0.4) is 0 Å². The maximum Gasteiger partial charge on any atom is 0.184 e. The molecule has 1 aliphatic carbocycles. The Morgan fingerprint density at radius 3 is 2.58 bits per heavy atom. The van der Waals surface area contributed by atoms with Crippen molar-refractivity contribution in [2.75, 3.05) is 0 Å². The van der Waals surface area contributed by atoms with Gasteiger partial charge in [-0.3, -0.25) is 0 Å². The molecule has 1 aliphatic rings. The summed E-state index contributed by atoms with van der Waals surface area (Å²) in [6, 6.07) is 2.62. The molecule has 2 nitrogen and oxygen atoms in total. The highest BCUT2D eigenvalue weighted by molar-refractivity contribution is 6.20. The second-order valence-electron chi connectivity index (χ2n) is 5.50. The van der Waals surface area contributed by atoms with E-state index in [1.54, 1.807) is 6.92 Å². The Balaban J connectivity index is 2.37. The van der Waals surface area contributed by atoms with Gasteiger partial charge in [0.15, 0.2) is 11.6 Å². The molecule has 0 spiro atoms. The average Bonchev–Trinajstić information content (AvgIpc) is 2.71. The Morgan fingerprint density at radius 2 is 2.05 bits per heavy atom. The number of aromatic nitrogens is 2. The smallest absolute Gasteiger partial charge is 0.184 e. The van der Waals surface area contributed by atoms with Crippen molar-refractivity contribution in [2.24, 2.45) is 0 Å². The molecule has 0 bridgehead atoms. The minimum atomic E-state index is -0.842. The molecular formula is C14H15ClF2N2. The van der Waals surface area contributed by atoms with Crippen LogP contribution >= 0.6 is 11.6 Å². The highest BCUT2D eigenvalue weighted by Crippen LogP contribution is 2.43. The normalized spacial score (nSPS) is 19.4. The fraction of sp³-hybridized carbons (Fsp3) is 0.500. The van der Waals surface area contributed by atoms with Crippen molar-refractivity contribution in [3.63, 3.8) is 0 Å². The van der Waals surface area contributed by atoms with Crippen LogP contribution in [0, 0.1) is 11.6 Å². The number of hydrogen-bond acceptors (Lipinski definition) is 1. The SMILES string of the molecule is CC(Cl)c1nc2ccc(F)c(F)c2n1C1(C)CCC1. The Hall–Kier alpha value is -1.16. The van der Waals surface area contributed by atoms with Crippen LogP contribution in [-0.2, 0) is 5.54 Å². The molecule has 1 atom stereocenters. The molecule has 1 aromatic carbocycles. The molecule has 1 unspecified atom stereocenters. The minimum absolute atomic E-state index is 0.206. The molecule has 0 amide bonds. The zero-order valence-corrected chi connectivity index (χ0v) is 11.6. The van der Waals surface area contributed by atoms with Gasteiger partial charge in [-0.15, -0.1) is 11.6 Å². The van der Waals surface area contributed by atoms with Gasteiger partial charge in [0.1, 0.15) is 11.3 Å². The van der Waals surface area contributed by atoms with E-state index in [2.05, 4.69) is 4.98 Å². The molecule has 1 aromatic heterocycles. The van der Waals surface area contributed by atoms with Gasteiger partial charge >= 0.3 is 0 Å². The summed E-state index contributed by atoms with van der Waals surface area (Å²) in [7, 11) is 0. The second-order valence-corrected chi connectivity index (χ2v) is 6.16. The van der Waals surface area contributed by atoms with Crippen molar-refractivity contribution in [3.8, 4) is 0 Å². The van der Waals surface area contributed by atoms with Crippen molar-refractivity contribution >= 4 is 22.6 Å². The van der Waals surface area contributed by atoms with E-state index >= 15 is 0 Å². The number of rotatable bonds is 2. The highest BCUT2D eigenvalue weighted by atomic mass is 35.5. The number of halogens is 3. The van der Waals surface area contributed by atoms with Gasteiger partial charge in [-0.25, -0.2) is 13.8 Å². The van der Waals surface area contributed by atoms with E-state index in [9.17, 15) is 8.78 Å². The number of fused-ring (bicyclic) bond motifs is 1. The summed E-state index contributed by atoms with van der Waals surface area (Å²) in [6.45, 7) is 3.85. The van der Waals surface area contributed by atoms with Crippen LogP contribution in [-0.4, -0.2) is 9.55 Å². The summed E-state index contributed by atoms with van der Waals surface area (Å²) in [5.74, 6) is -1.06. The number of alkyl halides is 1. The lowest BCUT2D eigenvalue weighted by Crippen LogP contribution is -2.38. The van der Waals surface area contributed by atoms with Crippen molar-refractivity contribution in [1.29, 1.82) is 0 Å². The van der Waals surface area contributed by atoms with Crippen LogP contribution in [0.25, 0.3) is 11.0 Å². The largest absolute Gasteiger partial charge is 0.318 e. The number of nitrogens with zero attached hydrogens (tertiary/aromatic N) is 2. The maximum absolute atomic E-state index is 14.1. The Morgan fingerprint density at radius 1 is 1.37 bits per heavy atom. The summed E-state index contributed by atoms with van der Waals surface area (Å²) >= 11 is 6.16. The Kier molecular flexibility index (Phi) is 2.82. The molecule has 0 N–H and O–H groups in total. The third kappa shape index (κ3) is 1.76. The van der Waals surface area contributed by atoms with Gasteiger partial charge in [-0.1, -0.05) is 0 Å². The van der Waals surface area contributed by atoms with Crippen LogP contribution in [0.2, 0.25) is 0 Å². The molecule has 0 aliphatic heterocycles. The fourth-order valence-electron chi connectivity index (χ4n) is 2.85. The molecule has 0 radical (unpaired) electrons. The van der Waals surface area contributed by atoms with Gasteiger partial charge in [-0.2, -0.15) is 0 Å². The molecule has 1 heterocycles. The lowest BCUT2D eigenvalue weighted by molar-refractivity contribution is 0.168. The Labute approximate surface area is 115 Å². The molecule has 1 fully saturated rings. The first-order valence-corrected chi connectivity index (χ1v) is 6.88. The molecular weight excluding hydrogens is 270 g/mol. The second kappa shape index (κ2) is 4.17. The monoisotopic (exact) mass is 284 g/mol. The van der Waals surface area contributed by atoms with Crippen LogP contribution < -0.4 is 0 Å². The zero-order valence-electron chi connectivity index (χ0n) is 10.9.